The van der Waals surface area contributed by atoms with Crippen molar-refractivity contribution < 1.29 is 22.7 Å². The first-order valence-electron chi connectivity index (χ1n) is 11.2. The van der Waals surface area contributed by atoms with Crippen molar-refractivity contribution in [2.75, 3.05) is 0 Å². The lowest BCUT2D eigenvalue weighted by Crippen LogP contribution is -2.43. The molecule has 0 spiro atoms. The van der Waals surface area contributed by atoms with E-state index in [1.165, 1.54) is 24.3 Å². The highest BCUT2D eigenvalue weighted by Crippen LogP contribution is 2.28. The van der Waals surface area contributed by atoms with Crippen molar-refractivity contribution in [3.05, 3.63) is 90.0 Å². The summed E-state index contributed by atoms with van der Waals surface area (Å²) in [4.78, 5) is 22.9. The predicted molar refractivity (Wildman–Crippen MR) is 135 cm³/mol. The number of imide groups is 1. The minimum atomic E-state index is -3.69. The van der Waals surface area contributed by atoms with E-state index in [0.717, 1.165) is 5.56 Å². The minimum Gasteiger partial charge on any atom is -0.457 e. The van der Waals surface area contributed by atoms with Gasteiger partial charge in [0.05, 0.1) is 16.5 Å². The molecule has 1 fully saturated rings. The number of ether oxygens (including phenoxy) is 1. The van der Waals surface area contributed by atoms with Crippen LogP contribution in [-0.4, -0.2) is 20.4 Å². The number of hydrogen-bond donors (Lipinski definition) is 3. The topological polar surface area (TPSA) is 151 Å². The molecule has 0 aliphatic carbocycles. The molecular weight excluding hydrogens is 480 g/mol. The van der Waals surface area contributed by atoms with Crippen LogP contribution in [0.15, 0.2) is 83.8 Å². The van der Waals surface area contributed by atoms with Gasteiger partial charge in [-0.05, 0) is 60.5 Å². The Morgan fingerprint density at radius 3 is 1.86 bits per heavy atom. The number of nitriles is 1. The Labute approximate surface area is 211 Å². The predicted octanol–water partition coefficient (Wildman–Crippen LogP) is 4.16. The van der Waals surface area contributed by atoms with Gasteiger partial charge in [0.15, 0.2) is 0 Å². The number of amides is 3. The first-order chi connectivity index (χ1) is 17.2. The lowest BCUT2D eigenvalue weighted by molar-refractivity contribution is -0.124. The largest absolute Gasteiger partial charge is 0.457 e. The van der Waals surface area contributed by atoms with Crippen LogP contribution >= 0.6 is 0 Å². The molecule has 3 amide bonds. The van der Waals surface area contributed by atoms with E-state index in [0.29, 0.717) is 23.5 Å². The van der Waals surface area contributed by atoms with Crippen molar-refractivity contribution >= 4 is 22.0 Å². The van der Waals surface area contributed by atoms with Gasteiger partial charge in [-0.2, -0.15) is 5.26 Å². The fourth-order valence-electron chi connectivity index (χ4n) is 3.30. The van der Waals surface area contributed by atoms with Crippen LogP contribution in [0.25, 0.3) is 0 Å². The third-order valence-electron chi connectivity index (χ3n) is 5.11. The third-order valence-corrected chi connectivity index (χ3v) is 6.04. The Bertz CT molecular complexity index is 1320. The van der Waals surface area contributed by atoms with Gasteiger partial charge in [-0.1, -0.05) is 51.1 Å². The van der Waals surface area contributed by atoms with Gasteiger partial charge in [0.25, 0.3) is 5.91 Å². The summed E-state index contributed by atoms with van der Waals surface area (Å²) in [6, 6.07) is 23.2. The van der Waals surface area contributed by atoms with Gasteiger partial charge < -0.3 is 10.1 Å². The molecule has 1 heterocycles. The Hall–Kier alpha value is -4.20. The van der Waals surface area contributed by atoms with Gasteiger partial charge in [0.2, 0.25) is 10.0 Å². The highest BCUT2D eigenvalue weighted by molar-refractivity contribution is 7.89. The molecule has 0 saturated carbocycles. The van der Waals surface area contributed by atoms with Crippen LogP contribution in [0.4, 0.5) is 4.79 Å². The zero-order valence-corrected chi connectivity index (χ0v) is 21.0. The normalized spacial score (nSPS) is 16.2. The van der Waals surface area contributed by atoms with Crippen LogP contribution in [0.3, 0.4) is 0 Å². The van der Waals surface area contributed by atoms with E-state index >= 15 is 0 Å². The summed E-state index contributed by atoms with van der Waals surface area (Å²) in [5.41, 5.74) is 0.464. The van der Waals surface area contributed by atoms with Crippen LogP contribution in [0.2, 0.25) is 0 Å². The maximum absolute atomic E-state index is 11.7. The van der Waals surface area contributed by atoms with E-state index in [9.17, 15) is 18.0 Å². The van der Waals surface area contributed by atoms with Gasteiger partial charge in [-0.25, -0.2) is 18.4 Å². The molecular formula is C26H28N4O5S. The Balaban J connectivity index is 0.000000243. The van der Waals surface area contributed by atoms with E-state index < -0.39 is 21.6 Å². The maximum Gasteiger partial charge on any atom is 0.322 e. The number of carbonyl (C=O) groups is 2. The van der Waals surface area contributed by atoms with Gasteiger partial charge in [0, 0.05) is 0 Å². The summed E-state index contributed by atoms with van der Waals surface area (Å²) < 4.78 is 27.7. The van der Waals surface area contributed by atoms with Crippen LogP contribution in [0.1, 0.15) is 38.3 Å². The summed E-state index contributed by atoms with van der Waals surface area (Å²) in [6.07, 6.45) is 0.536. The highest BCUT2D eigenvalue weighted by atomic mass is 32.2. The molecule has 1 aliphatic heterocycles. The second-order valence-electron chi connectivity index (χ2n) is 7.29. The number of hydrogen-bond acceptors (Lipinski definition) is 6. The molecule has 0 radical (unpaired) electrons. The monoisotopic (exact) mass is 508 g/mol. The third kappa shape index (κ3) is 6.91. The first-order valence-corrected chi connectivity index (χ1v) is 12.7. The van der Waals surface area contributed by atoms with E-state index in [1.807, 2.05) is 57.2 Å². The molecule has 36 heavy (non-hydrogen) atoms. The molecule has 1 aliphatic rings. The first kappa shape index (κ1) is 28.0. The Morgan fingerprint density at radius 2 is 1.44 bits per heavy atom. The summed E-state index contributed by atoms with van der Waals surface area (Å²) in [5.74, 6) is 0.765. The molecule has 9 nitrogen and oxygen atoms in total. The fourth-order valence-corrected chi connectivity index (χ4v) is 3.82. The van der Waals surface area contributed by atoms with Crippen molar-refractivity contribution in [3.63, 3.8) is 0 Å². The summed E-state index contributed by atoms with van der Waals surface area (Å²) in [6.45, 7) is 5.87. The second kappa shape index (κ2) is 12.5. The van der Waals surface area contributed by atoms with Crippen molar-refractivity contribution in [1.29, 1.82) is 5.26 Å². The number of nitrogens with one attached hydrogen (secondary N) is 2. The van der Waals surface area contributed by atoms with Crippen molar-refractivity contribution in [3.8, 4) is 17.6 Å². The summed E-state index contributed by atoms with van der Waals surface area (Å²) in [5, 5.41) is 18.6. The molecule has 1 saturated heterocycles. The second-order valence-corrected chi connectivity index (χ2v) is 8.85. The smallest absolute Gasteiger partial charge is 0.322 e. The van der Waals surface area contributed by atoms with Crippen LogP contribution < -0.4 is 20.5 Å². The molecule has 10 heteroatoms. The molecule has 4 N–H and O–H groups in total. The number of sulfonamides is 1. The number of urea groups is 1. The summed E-state index contributed by atoms with van der Waals surface area (Å²) in [7, 11) is -3.69. The Morgan fingerprint density at radius 1 is 0.917 bits per heavy atom. The number of nitrogens with two attached hydrogens (primary N) is 1. The SMILES string of the molecule is CC.CC[C@@]1(c2ccccc2)NC(=O)NC1=O.N#Cc1ccc(Oc2ccc(S(N)(=O)=O)cc2)cc1. The van der Waals surface area contributed by atoms with Gasteiger partial charge in [-0.3, -0.25) is 10.1 Å². The zero-order valence-electron chi connectivity index (χ0n) is 20.2. The van der Waals surface area contributed by atoms with E-state index in [4.69, 9.17) is 15.1 Å². The van der Waals surface area contributed by atoms with Crippen molar-refractivity contribution in [1.82, 2.24) is 10.6 Å². The molecule has 0 bridgehead atoms. The standard InChI is InChI=1S/C13H10N2O3S.C11H12N2O2.C2H6/c14-9-10-1-3-11(4-2-10)18-12-5-7-13(8-6-12)19(15,16)17;1-2-11(8-6-4-3-5-7-8)9(14)12-10(15)13-11;1-2/h1-8H,(H2,15,16,17);3-7H,2H2,1H3,(H2,12,13,14,15);1-2H3/t;11-;/m.0./s1. The van der Waals surface area contributed by atoms with Gasteiger partial charge >= 0.3 is 6.03 Å². The molecule has 4 rings (SSSR count). The van der Waals surface area contributed by atoms with Gasteiger partial charge in [-0.15, -0.1) is 0 Å². The van der Waals surface area contributed by atoms with Crippen molar-refractivity contribution in [2.45, 2.75) is 37.6 Å². The molecule has 188 valence electrons. The molecule has 0 unspecified atom stereocenters. The highest BCUT2D eigenvalue weighted by Gasteiger charge is 2.45. The van der Waals surface area contributed by atoms with E-state index in [-0.39, 0.29) is 10.8 Å². The molecule has 3 aromatic carbocycles. The number of rotatable bonds is 5. The average Bonchev–Trinajstić information content (AvgIpc) is 3.20. The maximum atomic E-state index is 11.7. The molecule has 3 aromatic rings. The fraction of sp³-hybridized carbons (Fsp3) is 0.192. The lowest BCUT2D eigenvalue weighted by Gasteiger charge is -2.24. The lowest BCUT2D eigenvalue weighted by atomic mass is 9.87. The molecule has 1 atom stereocenters. The minimum absolute atomic E-state index is 0.0275. The van der Waals surface area contributed by atoms with Crippen LogP contribution in [-0.2, 0) is 20.4 Å². The van der Waals surface area contributed by atoms with Crippen LogP contribution in [0, 0.1) is 11.3 Å². The summed E-state index contributed by atoms with van der Waals surface area (Å²) >= 11 is 0. The average molecular weight is 509 g/mol. The Kier molecular flexibility index (Phi) is 9.73. The number of primary sulfonamides is 1. The van der Waals surface area contributed by atoms with Gasteiger partial charge in [0.1, 0.15) is 17.0 Å². The molecule has 0 aromatic heterocycles. The van der Waals surface area contributed by atoms with Crippen molar-refractivity contribution in [2.24, 2.45) is 5.14 Å². The zero-order chi connectivity index (χ0) is 26.8. The van der Waals surface area contributed by atoms with E-state index in [2.05, 4.69) is 10.6 Å². The van der Waals surface area contributed by atoms with E-state index in [1.54, 1.807) is 24.3 Å². The van der Waals surface area contributed by atoms with Crippen LogP contribution in [0.5, 0.6) is 11.5 Å². The number of carbonyl (C=O) groups excluding carboxylic acids is 2. The quantitative estimate of drug-likeness (QED) is 0.440. The number of benzene rings is 3. The number of nitrogens with zero attached hydrogens (tertiary/aromatic N) is 1.